The first-order chi connectivity index (χ1) is 13.4. The standard InChI is InChI=1S/C20H41NO6S/c1-2-3-4-5-6-7-8-9-10-11-12-13-14-19(28(24,25)26)20(23)21-15-17-27-18-16-22/h19,22H,2-18H2,1H3,(H,21,23)(H,24,25,26). The summed E-state index contributed by atoms with van der Waals surface area (Å²) in [4.78, 5) is 12.0. The van der Waals surface area contributed by atoms with Crippen LogP contribution in [0.5, 0.6) is 0 Å². The van der Waals surface area contributed by atoms with Crippen molar-refractivity contribution in [1.82, 2.24) is 5.32 Å². The molecule has 0 aromatic carbocycles. The van der Waals surface area contributed by atoms with Crippen LogP contribution in [0.25, 0.3) is 0 Å². The molecular weight excluding hydrogens is 382 g/mol. The summed E-state index contributed by atoms with van der Waals surface area (Å²) in [5.74, 6) is -0.696. The minimum Gasteiger partial charge on any atom is -0.394 e. The number of ether oxygens (including phenoxy) is 1. The number of rotatable bonds is 20. The molecule has 0 radical (unpaired) electrons. The van der Waals surface area contributed by atoms with Crippen LogP contribution in [0.2, 0.25) is 0 Å². The summed E-state index contributed by atoms with van der Waals surface area (Å²) in [6, 6.07) is 0. The normalized spacial score (nSPS) is 12.8. The SMILES string of the molecule is CCCCCCCCCCCCCCC(C(=O)NCCOCCO)S(=O)(=O)O. The molecule has 168 valence electrons. The first-order valence-corrected chi connectivity index (χ1v) is 12.4. The molecule has 8 heteroatoms. The number of hydrogen-bond donors (Lipinski definition) is 3. The summed E-state index contributed by atoms with van der Waals surface area (Å²) in [6.07, 6.45) is 14.1. The minimum atomic E-state index is -4.42. The van der Waals surface area contributed by atoms with Crippen molar-refractivity contribution in [2.75, 3.05) is 26.4 Å². The summed E-state index contributed by atoms with van der Waals surface area (Å²) in [6.45, 7) is 2.60. The lowest BCUT2D eigenvalue weighted by Gasteiger charge is -2.14. The van der Waals surface area contributed by atoms with Crippen LogP contribution in [0, 0.1) is 0 Å². The zero-order valence-corrected chi connectivity index (χ0v) is 18.4. The Bertz CT molecular complexity index is 469. The molecule has 0 aliphatic rings. The Hall–Kier alpha value is -0.700. The molecular formula is C20H41NO6S. The second-order valence-corrected chi connectivity index (χ2v) is 8.91. The lowest BCUT2D eigenvalue weighted by atomic mass is 10.0. The van der Waals surface area contributed by atoms with Gasteiger partial charge in [-0.1, -0.05) is 84.0 Å². The number of aliphatic hydroxyl groups excluding tert-OH is 1. The third-order valence-electron chi connectivity index (χ3n) is 4.75. The molecule has 0 fully saturated rings. The van der Waals surface area contributed by atoms with Crippen LogP contribution in [0.3, 0.4) is 0 Å². The molecule has 3 N–H and O–H groups in total. The highest BCUT2D eigenvalue weighted by Crippen LogP contribution is 2.15. The predicted octanol–water partition coefficient (Wildman–Crippen LogP) is 3.46. The van der Waals surface area contributed by atoms with E-state index in [1.807, 2.05) is 0 Å². The number of aliphatic hydroxyl groups is 1. The smallest absolute Gasteiger partial charge is 0.276 e. The van der Waals surface area contributed by atoms with Crippen molar-refractivity contribution >= 4 is 16.0 Å². The lowest BCUT2D eigenvalue weighted by molar-refractivity contribution is -0.121. The molecule has 7 nitrogen and oxygen atoms in total. The molecule has 1 atom stereocenters. The molecule has 0 spiro atoms. The van der Waals surface area contributed by atoms with Gasteiger partial charge in [-0.15, -0.1) is 0 Å². The highest BCUT2D eigenvalue weighted by Gasteiger charge is 2.30. The van der Waals surface area contributed by atoms with Crippen LogP contribution < -0.4 is 5.32 Å². The molecule has 0 bridgehead atoms. The van der Waals surface area contributed by atoms with Crippen molar-refractivity contribution in [3.63, 3.8) is 0 Å². The van der Waals surface area contributed by atoms with Crippen molar-refractivity contribution < 1.29 is 27.6 Å². The van der Waals surface area contributed by atoms with Gasteiger partial charge in [-0.05, 0) is 6.42 Å². The zero-order chi connectivity index (χ0) is 21.1. The van der Waals surface area contributed by atoms with E-state index in [0.717, 1.165) is 19.3 Å². The molecule has 0 aliphatic heterocycles. The highest BCUT2D eigenvalue weighted by molar-refractivity contribution is 7.87. The van der Waals surface area contributed by atoms with E-state index in [1.165, 1.54) is 51.4 Å². The highest BCUT2D eigenvalue weighted by atomic mass is 32.2. The van der Waals surface area contributed by atoms with E-state index < -0.39 is 21.3 Å². The molecule has 1 amide bonds. The van der Waals surface area contributed by atoms with Gasteiger partial charge in [0.05, 0.1) is 19.8 Å². The summed E-state index contributed by atoms with van der Waals surface area (Å²) in [5.41, 5.74) is 0. The van der Waals surface area contributed by atoms with Crippen molar-refractivity contribution in [2.45, 2.75) is 95.6 Å². The van der Waals surface area contributed by atoms with Crippen LogP contribution in [0.1, 0.15) is 90.4 Å². The van der Waals surface area contributed by atoms with E-state index in [0.29, 0.717) is 6.42 Å². The number of unbranched alkanes of at least 4 members (excludes halogenated alkanes) is 11. The van der Waals surface area contributed by atoms with Gasteiger partial charge in [0.1, 0.15) is 0 Å². The average molecular weight is 424 g/mol. The largest absolute Gasteiger partial charge is 0.394 e. The number of carbonyl (C=O) groups excluding carboxylic acids is 1. The molecule has 0 saturated carbocycles. The Morgan fingerprint density at radius 1 is 0.893 bits per heavy atom. The Morgan fingerprint density at radius 3 is 1.86 bits per heavy atom. The molecule has 1 unspecified atom stereocenters. The Labute approximate surface area is 171 Å². The number of hydrogen-bond acceptors (Lipinski definition) is 5. The van der Waals surface area contributed by atoms with Gasteiger partial charge in [-0.3, -0.25) is 9.35 Å². The summed E-state index contributed by atoms with van der Waals surface area (Å²) in [5, 5.41) is 9.62. The van der Waals surface area contributed by atoms with Gasteiger partial charge in [0.2, 0.25) is 5.91 Å². The first-order valence-electron chi connectivity index (χ1n) is 10.9. The van der Waals surface area contributed by atoms with E-state index in [-0.39, 0.29) is 32.8 Å². The van der Waals surface area contributed by atoms with Crippen LogP contribution in [0.15, 0.2) is 0 Å². The van der Waals surface area contributed by atoms with Gasteiger partial charge < -0.3 is 15.2 Å². The molecule has 0 aromatic rings. The van der Waals surface area contributed by atoms with Gasteiger partial charge in [-0.25, -0.2) is 0 Å². The van der Waals surface area contributed by atoms with Gasteiger partial charge in [0, 0.05) is 6.54 Å². The monoisotopic (exact) mass is 423 g/mol. The Kier molecular flexibility index (Phi) is 17.9. The van der Waals surface area contributed by atoms with Gasteiger partial charge in [-0.2, -0.15) is 8.42 Å². The quantitative estimate of drug-likeness (QED) is 0.204. The Morgan fingerprint density at radius 2 is 1.39 bits per heavy atom. The molecule has 0 rings (SSSR count). The van der Waals surface area contributed by atoms with E-state index in [4.69, 9.17) is 9.84 Å². The molecule has 28 heavy (non-hydrogen) atoms. The topological polar surface area (TPSA) is 113 Å². The second kappa shape index (κ2) is 18.3. The summed E-state index contributed by atoms with van der Waals surface area (Å²) in [7, 11) is -4.42. The van der Waals surface area contributed by atoms with Gasteiger partial charge >= 0.3 is 0 Å². The maximum absolute atomic E-state index is 12.0. The fourth-order valence-corrected chi connectivity index (χ4v) is 3.93. The van der Waals surface area contributed by atoms with Crippen molar-refractivity contribution in [2.24, 2.45) is 0 Å². The summed E-state index contributed by atoms with van der Waals surface area (Å²) >= 11 is 0. The van der Waals surface area contributed by atoms with Crippen molar-refractivity contribution in [3.8, 4) is 0 Å². The van der Waals surface area contributed by atoms with Crippen molar-refractivity contribution in [1.29, 1.82) is 0 Å². The van der Waals surface area contributed by atoms with Crippen molar-refractivity contribution in [3.05, 3.63) is 0 Å². The Balaban J connectivity index is 3.80. The number of nitrogens with one attached hydrogen (secondary N) is 1. The first kappa shape index (κ1) is 27.3. The van der Waals surface area contributed by atoms with Gasteiger partial charge in [0.25, 0.3) is 10.1 Å². The zero-order valence-electron chi connectivity index (χ0n) is 17.5. The number of amides is 1. The van der Waals surface area contributed by atoms with Gasteiger partial charge in [0.15, 0.2) is 5.25 Å². The van der Waals surface area contributed by atoms with Crippen LogP contribution >= 0.6 is 0 Å². The van der Waals surface area contributed by atoms with Crippen LogP contribution in [-0.2, 0) is 19.6 Å². The molecule has 0 aromatic heterocycles. The van der Waals surface area contributed by atoms with Crippen LogP contribution in [-0.4, -0.2) is 55.6 Å². The van der Waals surface area contributed by atoms with E-state index in [9.17, 15) is 17.8 Å². The maximum Gasteiger partial charge on any atom is 0.276 e. The van der Waals surface area contributed by atoms with Crippen LogP contribution in [0.4, 0.5) is 0 Å². The van der Waals surface area contributed by atoms with E-state index in [1.54, 1.807) is 0 Å². The molecule has 0 aliphatic carbocycles. The van der Waals surface area contributed by atoms with E-state index >= 15 is 0 Å². The number of carbonyl (C=O) groups is 1. The second-order valence-electron chi connectivity index (χ2n) is 7.31. The van der Waals surface area contributed by atoms with E-state index in [2.05, 4.69) is 12.2 Å². The fourth-order valence-electron chi connectivity index (χ4n) is 3.11. The third kappa shape index (κ3) is 16.3. The fraction of sp³-hybridized carbons (Fsp3) is 0.950. The lowest BCUT2D eigenvalue weighted by Crippen LogP contribution is -2.41. The average Bonchev–Trinajstić information content (AvgIpc) is 2.64. The maximum atomic E-state index is 12.0. The molecule has 0 heterocycles. The molecule has 0 saturated heterocycles. The summed E-state index contributed by atoms with van der Waals surface area (Å²) < 4.78 is 37.3. The minimum absolute atomic E-state index is 0.111. The predicted molar refractivity (Wildman–Crippen MR) is 112 cm³/mol. The third-order valence-corrected chi connectivity index (χ3v) is 5.92.